The second-order valence-corrected chi connectivity index (χ2v) is 9.49. The molecule has 2 aliphatic heterocycles. The summed E-state index contributed by atoms with van der Waals surface area (Å²) in [5.74, 6) is -0.342. The van der Waals surface area contributed by atoms with E-state index in [9.17, 15) is 9.59 Å². The summed E-state index contributed by atoms with van der Waals surface area (Å²) in [5.41, 5.74) is -0.494. The van der Waals surface area contributed by atoms with Gasteiger partial charge >= 0.3 is 0 Å². The van der Waals surface area contributed by atoms with Crippen LogP contribution in [0.4, 0.5) is 5.69 Å². The van der Waals surface area contributed by atoms with Gasteiger partial charge in [0.15, 0.2) is 11.4 Å². The Kier molecular flexibility index (Phi) is 5.63. The van der Waals surface area contributed by atoms with Crippen molar-refractivity contribution in [3.8, 4) is 0 Å². The first-order chi connectivity index (χ1) is 14.7. The van der Waals surface area contributed by atoms with Crippen LogP contribution in [0.25, 0.3) is 0 Å². The van der Waals surface area contributed by atoms with Crippen LogP contribution in [-0.4, -0.2) is 40.3 Å². The molecule has 2 fully saturated rings. The van der Waals surface area contributed by atoms with E-state index in [1.807, 2.05) is 44.2 Å². The lowest BCUT2D eigenvalue weighted by Gasteiger charge is -2.29. The number of hydrogen-bond donors (Lipinski definition) is 0. The topological polar surface area (TPSA) is 49.9 Å². The van der Waals surface area contributed by atoms with E-state index in [1.165, 1.54) is 0 Å². The van der Waals surface area contributed by atoms with Crippen molar-refractivity contribution in [3.05, 3.63) is 76.8 Å². The van der Waals surface area contributed by atoms with E-state index in [0.717, 1.165) is 0 Å². The number of benzene rings is 2. The minimum absolute atomic E-state index is 0.129. The number of carbonyl (C=O) groups excluding carboxylic acids is 2. The molecule has 0 aliphatic carbocycles. The molecule has 2 heterocycles. The number of Topliss-reactive ketones (excluding diaryl/α,β-unsaturated/α-hetero) is 1. The van der Waals surface area contributed by atoms with Gasteiger partial charge in [-0.1, -0.05) is 47.5 Å². The van der Waals surface area contributed by atoms with Gasteiger partial charge in [0.1, 0.15) is 6.04 Å². The summed E-state index contributed by atoms with van der Waals surface area (Å²) >= 11 is 12.3. The SMILES string of the molecule is C=CCN1C(=O)[C@]2(C[C@H](C(=O)c3ccc(Cl)cc3Cl)N(c3ccccc3)O2)CC1(C)C. The quantitative estimate of drug-likeness (QED) is 0.449. The third-order valence-electron chi connectivity index (χ3n) is 5.98. The molecule has 7 heteroatoms. The number of ketones is 1. The number of amides is 1. The van der Waals surface area contributed by atoms with Crippen LogP contribution in [0.2, 0.25) is 10.0 Å². The second kappa shape index (κ2) is 7.97. The summed E-state index contributed by atoms with van der Waals surface area (Å²) in [6.45, 7) is 8.21. The number of halogens is 2. The Balaban J connectivity index is 1.76. The molecule has 2 aliphatic rings. The summed E-state index contributed by atoms with van der Waals surface area (Å²) in [6.07, 6.45) is 2.41. The number of hydrogen-bond acceptors (Lipinski definition) is 4. The van der Waals surface area contributed by atoms with Crippen molar-refractivity contribution in [2.45, 2.75) is 43.9 Å². The molecule has 2 atom stereocenters. The Bertz CT molecular complexity index is 1040. The Morgan fingerprint density at radius 2 is 1.94 bits per heavy atom. The van der Waals surface area contributed by atoms with Crippen LogP contribution in [0.3, 0.4) is 0 Å². The van der Waals surface area contributed by atoms with E-state index in [4.69, 9.17) is 28.0 Å². The van der Waals surface area contributed by atoms with Gasteiger partial charge in [-0.25, -0.2) is 5.06 Å². The number of nitrogens with zero attached hydrogens (tertiary/aromatic N) is 2. The molecule has 0 saturated carbocycles. The van der Waals surface area contributed by atoms with E-state index in [2.05, 4.69) is 6.58 Å². The first kappa shape index (κ1) is 21.9. The zero-order valence-electron chi connectivity index (χ0n) is 17.5. The molecule has 1 amide bonds. The first-order valence-electron chi connectivity index (χ1n) is 10.1. The van der Waals surface area contributed by atoms with Crippen molar-refractivity contribution in [2.75, 3.05) is 11.6 Å². The van der Waals surface area contributed by atoms with Crippen LogP contribution in [0.15, 0.2) is 61.2 Å². The Morgan fingerprint density at radius 1 is 1.23 bits per heavy atom. The van der Waals surface area contributed by atoms with Crippen molar-refractivity contribution >= 4 is 40.6 Å². The molecule has 162 valence electrons. The van der Waals surface area contributed by atoms with Crippen molar-refractivity contribution < 1.29 is 14.4 Å². The second-order valence-electron chi connectivity index (χ2n) is 8.65. The van der Waals surface area contributed by atoms with Gasteiger partial charge in [-0.15, -0.1) is 6.58 Å². The van der Waals surface area contributed by atoms with Crippen molar-refractivity contribution in [1.29, 1.82) is 0 Å². The highest BCUT2D eigenvalue weighted by molar-refractivity contribution is 6.37. The van der Waals surface area contributed by atoms with E-state index < -0.39 is 17.2 Å². The fourth-order valence-corrected chi connectivity index (χ4v) is 5.14. The normalized spacial score (nSPS) is 24.8. The van der Waals surface area contributed by atoms with Gasteiger partial charge in [0, 0.05) is 35.5 Å². The molecule has 0 unspecified atom stereocenters. The van der Waals surface area contributed by atoms with Gasteiger partial charge in [-0.2, -0.15) is 0 Å². The molecule has 4 rings (SSSR count). The molecule has 0 N–H and O–H groups in total. The molecular weight excluding hydrogens is 435 g/mol. The standard InChI is InChI=1S/C24H24Cl2N2O3/c1-4-12-27-22(30)24(15-23(27,2)3)14-20(28(31-24)17-8-6-5-7-9-17)21(29)18-11-10-16(25)13-19(18)26/h4-11,13,20H,1,12,14-15H2,2-3H3/t20-,24+/m1/s1. The molecular formula is C24H24Cl2N2O3. The molecule has 2 aromatic carbocycles. The Hall–Kier alpha value is -2.34. The van der Waals surface area contributed by atoms with Crippen LogP contribution in [-0.2, 0) is 9.63 Å². The van der Waals surface area contributed by atoms with Crippen molar-refractivity contribution in [3.63, 3.8) is 0 Å². The van der Waals surface area contributed by atoms with Gasteiger partial charge in [0.25, 0.3) is 5.91 Å². The third-order valence-corrected chi connectivity index (χ3v) is 6.53. The van der Waals surface area contributed by atoms with Crippen LogP contribution in [0, 0.1) is 0 Å². The average Bonchev–Trinajstić information content (AvgIpc) is 3.19. The van der Waals surface area contributed by atoms with Crippen molar-refractivity contribution in [1.82, 2.24) is 4.90 Å². The fraction of sp³-hybridized carbons (Fsp3) is 0.333. The number of rotatable bonds is 5. The molecule has 0 bridgehead atoms. The molecule has 0 radical (unpaired) electrons. The number of carbonyl (C=O) groups is 2. The number of hydroxylamine groups is 1. The lowest BCUT2D eigenvalue weighted by molar-refractivity contribution is -0.146. The maximum Gasteiger partial charge on any atom is 0.258 e. The Labute approximate surface area is 192 Å². The van der Waals surface area contributed by atoms with Crippen LogP contribution < -0.4 is 5.06 Å². The molecule has 0 aromatic heterocycles. The zero-order chi connectivity index (χ0) is 22.4. The van der Waals surface area contributed by atoms with E-state index in [-0.39, 0.29) is 23.1 Å². The van der Waals surface area contributed by atoms with E-state index in [1.54, 1.807) is 34.2 Å². The summed E-state index contributed by atoms with van der Waals surface area (Å²) in [7, 11) is 0. The van der Waals surface area contributed by atoms with Gasteiger partial charge in [-0.05, 0) is 44.2 Å². The van der Waals surface area contributed by atoms with Crippen LogP contribution >= 0.6 is 23.2 Å². The lowest BCUT2D eigenvalue weighted by atomic mass is 9.86. The third kappa shape index (κ3) is 3.75. The van der Waals surface area contributed by atoms with Crippen LogP contribution in [0.1, 0.15) is 37.0 Å². The Morgan fingerprint density at radius 3 is 2.58 bits per heavy atom. The van der Waals surface area contributed by atoms with E-state index in [0.29, 0.717) is 29.2 Å². The van der Waals surface area contributed by atoms with Gasteiger partial charge in [0.05, 0.1) is 10.7 Å². The summed E-state index contributed by atoms with van der Waals surface area (Å²) < 4.78 is 0. The van der Waals surface area contributed by atoms with E-state index >= 15 is 0 Å². The first-order valence-corrected chi connectivity index (χ1v) is 10.9. The zero-order valence-corrected chi connectivity index (χ0v) is 19.0. The average molecular weight is 459 g/mol. The lowest BCUT2D eigenvalue weighted by Crippen LogP contribution is -2.43. The largest absolute Gasteiger partial charge is 0.331 e. The molecule has 2 aromatic rings. The van der Waals surface area contributed by atoms with Crippen molar-refractivity contribution in [2.24, 2.45) is 0 Å². The maximum atomic E-state index is 13.6. The highest BCUT2D eigenvalue weighted by Crippen LogP contribution is 2.48. The summed E-state index contributed by atoms with van der Waals surface area (Å²) in [6, 6.07) is 13.4. The predicted octanol–water partition coefficient (Wildman–Crippen LogP) is 5.32. The maximum absolute atomic E-state index is 13.6. The number of para-hydroxylation sites is 1. The van der Waals surface area contributed by atoms with Gasteiger partial charge in [0.2, 0.25) is 0 Å². The summed E-state index contributed by atoms with van der Waals surface area (Å²) in [5, 5.41) is 2.30. The number of likely N-dealkylation sites (tertiary alicyclic amines) is 1. The van der Waals surface area contributed by atoms with Gasteiger partial charge in [-0.3, -0.25) is 14.4 Å². The molecule has 1 spiro atoms. The minimum Gasteiger partial charge on any atom is -0.331 e. The fourth-order valence-electron chi connectivity index (χ4n) is 4.64. The van der Waals surface area contributed by atoms with Gasteiger partial charge < -0.3 is 4.90 Å². The highest BCUT2D eigenvalue weighted by Gasteiger charge is 2.63. The monoisotopic (exact) mass is 458 g/mol. The summed E-state index contributed by atoms with van der Waals surface area (Å²) in [4.78, 5) is 35.2. The molecule has 2 saturated heterocycles. The molecule has 31 heavy (non-hydrogen) atoms. The molecule has 5 nitrogen and oxygen atoms in total. The number of anilines is 1. The van der Waals surface area contributed by atoms with Crippen LogP contribution in [0.5, 0.6) is 0 Å². The minimum atomic E-state index is -1.12. The highest BCUT2D eigenvalue weighted by atomic mass is 35.5. The predicted molar refractivity (Wildman–Crippen MR) is 123 cm³/mol. The smallest absolute Gasteiger partial charge is 0.258 e.